The highest BCUT2D eigenvalue weighted by Crippen LogP contribution is 2.34. The molecule has 0 N–H and O–H groups in total. The van der Waals surface area contributed by atoms with Crippen LogP contribution in [0.5, 0.6) is 11.5 Å². The number of oxazole rings is 1. The fourth-order valence-corrected chi connectivity index (χ4v) is 3.00. The van der Waals surface area contributed by atoms with E-state index in [1.54, 1.807) is 13.2 Å². The molecule has 0 aliphatic rings. The van der Waals surface area contributed by atoms with Crippen LogP contribution in [0.1, 0.15) is 0 Å². The van der Waals surface area contributed by atoms with Crippen LogP contribution in [0.4, 0.5) is 5.69 Å². The number of aromatic nitrogens is 1. The van der Waals surface area contributed by atoms with Gasteiger partial charge in [-0.1, -0.05) is 18.2 Å². The number of nitro groups is 1. The zero-order valence-electron chi connectivity index (χ0n) is 15.2. The molecule has 0 bridgehead atoms. The molecule has 0 aliphatic carbocycles. The van der Waals surface area contributed by atoms with E-state index in [4.69, 9.17) is 13.9 Å². The Morgan fingerprint density at radius 3 is 2.46 bits per heavy atom. The normalized spacial score (nSPS) is 10.8. The molecular formula is C21H16N2O5. The molecule has 0 atom stereocenters. The van der Waals surface area contributed by atoms with Crippen molar-refractivity contribution in [2.24, 2.45) is 0 Å². The molecule has 28 heavy (non-hydrogen) atoms. The molecule has 7 nitrogen and oxygen atoms in total. The molecule has 0 saturated carbocycles. The number of fused-ring (bicyclic) bond motifs is 1. The Hall–Kier alpha value is -3.87. The summed E-state index contributed by atoms with van der Waals surface area (Å²) in [7, 11) is 3.02. The largest absolute Gasteiger partial charge is 0.497 e. The van der Waals surface area contributed by atoms with Crippen molar-refractivity contribution < 1.29 is 18.8 Å². The van der Waals surface area contributed by atoms with Gasteiger partial charge in [0.25, 0.3) is 0 Å². The quantitative estimate of drug-likeness (QED) is 0.356. The maximum Gasteiger partial charge on any atom is 0.311 e. The topological polar surface area (TPSA) is 87.6 Å². The number of hydrogen-bond acceptors (Lipinski definition) is 6. The van der Waals surface area contributed by atoms with E-state index < -0.39 is 4.92 Å². The van der Waals surface area contributed by atoms with Crippen molar-refractivity contribution in [3.05, 3.63) is 70.8 Å². The standard InChI is InChI=1S/C21H16N2O5/c1-26-16-5-3-4-13(10-16)14-6-8-19-17(11-14)22-21(28-19)15-7-9-20(27-2)18(12-15)23(24)25/h3-12H,1-2H3. The third-order valence-corrected chi connectivity index (χ3v) is 4.41. The Morgan fingerprint density at radius 2 is 1.71 bits per heavy atom. The lowest BCUT2D eigenvalue weighted by molar-refractivity contribution is -0.385. The molecule has 3 aromatic carbocycles. The molecule has 0 saturated heterocycles. The summed E-state index contributed by atoms with van der Waals surface area (Å²) in [5.41, 5.74) is 3.58. The Bertz CT molecular complexity index is 1180. The predicted octanol–water partition coefficient (Wildman–Crippen LogP) is 5.09. The summed E-state index contributed by atoms with van der Waals surface area (Å²) >= 11 is 0. The monoisotopic (exact) mass is 376 g/mol. The first-order chi connectivity index (χ1) is 13.6. The first kappa shape index (κ1) is 17.5. The molecule has 0 amide bonds. The molecule has 0 spiro atoms. The number of benzene rings is 3. The first-order valence-corrected chi connectivity index (χ1v) is 8.47. The lowest BCUT2D eigenvalue weighted by atomic mass is 10.1. The predicted molar refractivity (Wildman–Crippen MR) is 105 cm³/mol. The highest BCUT2D eigenvalue weighted by molar-refractivity contribution is 5.83. The van der Waals surface area contributed by atoms with Gasteiger partial charge >= 0.3 is 5.69 Å². The minimum atomic E-state index is -0.494. The van der Waals surface area contributed by atoms with Crippen molar-refractivity contribution in [2.45, 2.75) is 0 Å². The van der Waals surface area contributed by atoms with Gasteiger partial charge < -0.3 is 13.9 Å². The summed E-state index contributed by atoms with van der Waals surface area (Å²) in [6.45, 7) is 0. The maximum atomic E-state index is 11.3. The molecule has 7 heteroatoms. The second-order valence-electron chi connectivity index (χ2n) is 6.08. The van der Waals surface area contributed by atoms with Crippen LogP contribution in [0.25, 0.3) is 33.7 Å². The highest BCUT2D eigenvalue weighted by atomic mass is 16.6. The van der Waals surface area contributed by atoms with Crippen LogP contribution in [0.2, 0.25) is 0 Å². The maximum absolute atomic E-state index is 11.3. The Balaban J connectivity index is 1.76. The summed E-state index contributed by atoms with van der Waals surface area (Å²) in [5, 5.41) is 11.3. The zero-order valence-corrected chi connectivity index (χ0v) is 15.2. The summed E-state index contributed by atoms with van der Waals surface area (Å²) in [6, 6.07) is 18.0. The fourth-order valence-electron chi connectivity index (χ4n) is 3.00. The number of nitro benzene ring substituents is 1. The van der Waals surface area contributed by atoms with Crippen LogP contribution in [0.3, 0.4) is 0 Å². The van der Waals surface area contributed by atoms with E-state index in [-0.39, 0.29) is 11.4 Å². The Morgan fingerprint density at radius 1 is 0.929 bits per heavy atom. The van der Waals surface area contributed by atoms with Gasteiger partial charge in [0.05, 0.1) is 19.1 Å². The Kier molecular flexibility index (Phi) is 4.41. The number of nitrogens with zero attached hydrogens (tertiary/aromatic N) is 2. The lowest BCUT2D eigenvalue weighted by Crippen LogP contribution is -1.94. The number of ether oxygens (including phenoxy) is 2. The molecule has 4 aromatic rings. The lowest BCUT2D eigenvalue weighted by Gasteiger charge is -2.04. The second kappa shape index (κ2) is 7.03. The third-order valence-electron chi connectivity index (χ3n) is 4.41. The van der Waals surface area contributed by atoms with Gasteiger partial charge in [-0.05, 0) is 47.5 Å². The van der Waals surface area contributed by atoms with Crippen LogP contribution in [0, 0.1) is 10.1 Å². The highest BCUT2D eigenvalue weighted by Gasteiger charge is 2.18. The van der Waals surface area contributed by atoms with Gasteiger partial charge in [-0.2, -0.15) is 0 Å². The third kappa shape index (κ3) is 3.14. The van der Waals surface area contributed by atoms with Crippen LogP contribution >= 0.6 is 0 Å². The van der Waals surface area contributed by atoms with Crippen LogP contribution in [0.15, 0.2) is 65.1 Å². The molecule has 0 fully saturated rings. The van der Waals surface area contributed by atoms with E-state index in [1.165, 1.54) is 19.2 Å². The summed E-state index contributed by atoms with van der Waals surface area (Å²) < 4.78 is 16.1. The van der Waals surface area contributed by atoms with Crippen molar-refractivity contribution in [3.63, 3.8) is 0 Å². The van der Waals surface area contributed by atoms with Crippen molar-refractivity contribution in [1.29, 1.82) is 0 Å². The molecule has 140 valence electrons. The van der Waals surface area contributed by atoms with Crippen molar-refractivity contribution >= 4 is 16.8 Å². The molecular weight excluding hydrogens is 360 g/mol. The van der Waals surface area contributed by atoms with E-state index in [2.05, 4.69) is 4.98 Å². The van der Waals surface area contributed by atoms with Crippen LogP contribution < -0.4 is 9.47 Å². The zero-order chi connectivity index (χ0) is 19.7. The second-order valence-corrected chi connectivity index (χ2v) is 6.08. The molecule has 0 radical (unpaired) electrons. The summed E-state index contributed by atoms with van der Waals surface area (Å²) in [4.78, 5) is 15.3. The fraction of sp³-hybridized carbons (Fsp3) is 0.0952. The number of methoxy groups -OCH3 is 2. The van der Waals surface area contributed by atoms with Gasteiger partial charge in [0.2, 0.25) is 5.89 Å². The number of hydrogen-bond donors (Lipinski definition) is 0. The smallest absolute Gasteiger partial charge is 0.311 e. The van der Waals surface area contributed by atoms with Crippen LogP contribution in [-0.2, 0) is 0 Å². The average Bonchev–Trinajstić information content (AvgIpc) is 3.16. The Labute approximate surface area is 160 Å². The van der Waals surface area contributed by atoms with Gasteiger partial charge in [0.15, 0.2) is 11.3 Å². The first-order valence-electron chi connectivity index (χ1n) is 8.47. The minimum Gasteiger partial charge on any atom is -0.497 e. The van der Waals surface area contributed by atoms with Gasteiger partial charge in [0, 0.05) is 11.6 Å². The summed E-state index contributed by atoms with van der Waals surface area (Å²) in [6.07, 6.45) is 0. The molecule has 0 aliphatic heterocycles. The molecule has 0 unspecified atom stereocenters. The van der Waals surface area contributed by atoms with E-state index in [0.29, 0.717) is 22.6 Å². The van der Waals surface area contributed by atoms with E-state index in [9.17, 15) is 10.1 Å². The SMILES string of the molecule is COc1cccc(-c2ccc3oc(-c4ccc(OC)c([N+](=O)[O-])c4)nc3c2)c1. The minimum absolute atomic E-state index is 0.140. The average molecular weight is 376 g/mol. The molecule has 1 heterocycles. The van der Waals surface area contributed by atoms with E-state index in [1.807, 2.05) is 42.5 Å². The van der Waals surface area contributed by atoms with Gasteiger partial charge in [0.1, 0.15) is 11.3 Å². The summed E-state index contributed by atoms with van der Waals surface area (Å²) in [5.74, 6) is 1.26. The van der Waals surface area contributed by atoms with Gasteiger partial charge in [-0.15, -0.1) is 0 Å². The molecule has 1 aromatic heterocycles. The van der Waals surface area contributed by atoms with Gasteiger partial charge in [-0.3, -0.25) is 10.1 Å². The van der Waals surface area contributed by atoms with E-state index in [0.717, 1.165) is 16.9 Å². The van der Waals surface area contributed by atoms with Crippen molar-refractivity contribution in [1.82, 2.24) is 4.98 Å². The molecule has 4 rings (SSSR count). The van der Waals surface area contributed by atoms with Gasteiger partial charge in [-0.25, -0.2) is 4.98 Å². The van der Waals surface area contributed by atoms with Crippen LogP contribution in [-0.4, -0.2) is 24.1 Å². The number of rotatable bonds is 5. The van der Waals surface area contributed by atoms with Crippen molar-refractivity contribution in [2.75, 3.05) is 14.2 Å². The van der Waals surface area contributed by atoms with E-state index >= 15 is 0 Å². The van der Waals surface area contributed by atoms with Crippen molar-refractivity contribution in [3.8, 4) is 34.1 Å².